The fourth-order valence-electron chi connectivity index (χ4n) is 6.18. The number of rotatable bonds is 33. The molecule has 0 rings (SSSR count). The number of aliphatic carboxylic acids is 1. The maximum atomic E-state index is 11.1. The topological polar surface area (TPSA) is 133 Å². The van der Waals surface area contributed by atoms with Gasteiger partial charge in [0.15, 0.2) is 0 Å². The Bertz CT molecular complexity index is 699. The van der Waals surface area contributed by atoms with E-state index in [0.29, 0.717) is 6.42 Å². The van der Waals surface area contributed by atoms with Crippen LogP contribution in [0.25, 0.3) is 0 Å². The van der Waals surface area contributed by atoms with Crippen molar-refractivity contribution in [1.82, 2.24) is 5.32 Å². The first-order valence-corrected chi connectivity index (χ1v) is 20.2. The van der Waals surface area contributed by atoms with Gasteiger partial charge in [0.25, 0.3) is 0 Å². The Balaban J connectivity index is -0.000000827. The second-order valence-electron chi connectivity index (χ2n) is 14.3. The number of amides is 1. The zero-order chi connectivity index (χ0) is 35.6. The van der Waals surface area contributed by atoms with Gasteiger partial charge in [0.05, 0.1) is 18.2 Å². The second-order valence-corrected chi connectivity index (χ2v) is 14.3. The highest BCUT2D eigenvalue weighted by Gasteiger charge is 2.39. The molecule has 0 unspecified atom stereocenters. The monoisotopic (exact) mass is 707 g/mol. The number of carboxylic acid groups (broad SMARTS) is 1. The summed E-state index contributed by atoms with van der Waals surface area (Å²) in [6.07, 6.45) is 34.1. The number of carboxylic acids is 1. The highest BCUT2D eigenvalue weighted by Crippen LogP contribution is 2.20. The maximum absolute atomic E-state index is 11.1. The Kier molecular flexibility index (Phi) is 40.1. The van der Waals surface area contributed by atoms with Crippen LogP contribution < -0.4 is 11.1 Å². The van der Waals surface area contributed by atoms with Gasteiger partial charge in [-0.1, -0.05) is 188 Å². The van der Waals surface area contributed by atoms with Gasteiger partial charge in [0.2, 0.25) is 5.91 Å². The smallest absolute Gasteiger partial charge is 0.326 e. The van der Waals surface area contributed by atoms with Crippen LogP contribution in [0.3, 0.4) is 0 Å². The normalized spacial score (nSPS) is 14.2. The lowest BCUT2D eigenvalue weighted by Gasteiger charge is -2.28. The van der Waals surface area contributed by atoms with E-state index in [4.69, 9.17) is 10.8 Å². The van der Waals surface area contributed by atoms with Crippen molar-refractivity contribution in [1.29, 1.82) is 0 Å². The lowest BCUT2D eigenvalue weighted by atomic mass is 9.87. The molecule has 0 heterocycles. The quantitative estimate of drug-likeness (QED) is 0.0431. The van der Waals surface area contributed by atoms with Gasteiger partial charge in [-0.25, -0.2) is 0 Å². The van der Waals surface area contributed by atoms with Crippen molar-refractivity contribution in [3.05, 3.63) is 0 Å². The fourth-order valence-corrected chi connectivity index (χ4v) is 6.18. The third kappa shape index (κ3) is 32.3. The van der Waals surface area contributed by atoms with Gasteiger partial charge in [-0.15, -0.1) is 12.4 Å². The van der Waals surface area contributed by atoms with Gasteiger partial charge in [0.1, 0.15) is 5.54 Å². The van der Waals surface area contributed by atoms with Crippen molar-refractivity contribution < 1.29 is 24.9 Å². The Hall–Kier alpha value is -0.890. The number of aliphatic hydroxyl groups is 2. The zero-order valence-corrected chi connectivity index (χ0v) is 33.2. The van der Waals surface area contributed by atoms with Gasteiger partial charge < -0.3 is 26.4 Å². The number of hydrogen-bond donors (Lipinski definition) is 5. The number of hydrogen-bond acceptors (Lipinski definition) is 5. The summed E-state index contributed by atoms with van der Waals surface area (Å²) in [5.74, 6) is -1.17. The second kappa shape index (κ2) is 37.4. The highest BCUT2D eigenvalue weighted by molar-refractivity contribution is 5.85. The van der Waals surface area contributed by atoms with Crippen LogP contribution in [-0.4, -0.2) is 51.0 Å². The lowest BCUT2D eigenvalue weighted by Crippen LogP contribution is -2.56. The van der Waals surface area contributed by atoms with Crippen LogP contribution in [0.4, 0.5) is 0 Å². The van der Waals surface area contributed by atoms with Gasteiger partial charge in [-0.2, -0.15) is 0 Å². The average Bonchev–Trinajstić information content (AvgIpc) is 3.04. The molecule has 0 aromatic heterocycles. The molecule has 0 spiro atoms. The van der Waals surface area contributed by atoms with Crippen molar-refractivity contribution in [2.24, 2.45) is 5.73 Å². The summed E-state index contributed by atoms with van der Waals surface area (Å²) in [6.45, 7) is 9.59. The molecule has 0 bridgehead atoms. The van der Waals surface area contributed by atoms with Crippen LogP contribution in [0.1, 0.15) is 221 Å². The van der Waals surface area contributed by atoms with Crippen LogP contribution in [0.2, 0.25) is 0 Å². The first-order chi connectivity index (χ1) is 22.6. The molecule has 0 saturated heterocycles. The van der Waals surface area contributed by atoms with Gasteiger partial charge >= 0.3 is 5.97 Å². The third-order valence-electron chi connectivity index (χ3n) is 9.77. The van der Waals surface area contributed by atoms with E-state index in [1.54, 1.807) is 6.92 Å². The molecule has 7 nitrogen and oxygen atoms in total. The Morgan fingerprint density at radius 2 is 0.875 bits per heavy atom. The van der Waals surface area contributed by atoms with Crippen LogP contribution in [-0.2, 0) is 9.59 Å². The molecule has 0 aliphatic heterocycles. The molecule has 0 radical (unpaired) electrons. The van der Waals surface area contributed by atoms with Crippen molar-refractivity contribution >= 4 is 24.3 Å². The number of carbonyl (C=O) groups excluding carboxylic acids is 1. The van der Waals surface area contributed by atoms with Crippen molar-refractivity contribution in [2.75, 3.05) is 0 Å². The summed E-state index contributed by atoms with van der Waals surface area (Å²) >= 11 is 0. The molecule has 6 N–H and O–H groups in total. The Labute approximate surface area is 304 Å². The minimum atomic E-state index is -1.49. The maximum Gasteiger partial charge on any atom is 0.326 e. The summed E-state index contributed by atoms with van der Waals surface area (Å²) in [5.41, 5.74) is 4.29. The van der Waals surface area contributed by atoms with Crippen molar-refractivity contribution in [3.63, 3.8) is 0 Å². The molecule has 0 aromatic carbocycles. The molecule has 8 heteroatoms. The van der Waals surface area contributed by atoms with E-state index in [2.05, 4.69) is 19.2 Å². The van der Waals surface area contributed by atoms with E-state index in [1.165, 1.54) is 155 Å². The lowest BCUT2D eigenvalue weighted by molar-refractivity contribution is -0.148. The standard InChI is InChI=1S/C20H41NO3.C20H41NO2.ClH/c1-3-5-6-7-8-9-10-11-12-13-14-15-16-17-18(22)20(21,4-2)19(23)24;1-4-5-6-7-8-9-10-11-12-13-14-15-16-17-20(23)18(2)21-19(3)22;/h18,22H,3-17,21H2,1-2H3,(H,23,24);18,20,23H,4-17H2,1-3H3,(H,21,22);1H/t2*18-,20-;/m11./s1. The predicted octanol–water partition coefficient (Wildman–Crippen LogP) is 10.8. The molecule has 1 amide bonds. The SMILES string of the molecule is CCCCCCCCCCCCCCC[C@@H](O)[C@@H](C)NC(C)=O.CCCCCCCCCCCCCCC[C@@H](O)[C@](N)(CC)C(=O)O.Cl. The molecule has 0 fully saturated rings. The minimum Gasteiger partial charge on any atom is -0.480 e. The number of carbonyl (C=O) groups is 2. The number of unbranched alkanes of at least 4 members (excludes halogenated alkanes) is 24. The molecule has 290 valence electrons. The molecule has 0 aliphatic carbocycles. The van der Waals surface area contributed by atoms with E-state index in [9.17, 15) is 19.8 Å². The largest absolute Gasteiger partial charge is 0.480 e. The average molecular weight is 708 g/mol. The number of halogens is 1. The predicted molar refractivity (Wildman–Crippen MR) is 208 cm³/mol. The van der Waals surface area contributed by atoms with Crippen LogP contribution in [0.5, 0.6) is 0 Å². The Morgan fingerprint density at radius 1 is 0.583 bits per heavy atom. The minimum absolute atomic E-state index is 0. The molecule has 48 heavy (non-hydrogen) atoms. The molecule has 4 atom stereocenters. The summed E-state index contributed by atoms with van der Waals surface area (Å²) in [5, 5.41) is 31.8. The molecular weight excluding hydrogens is 624 g/mol. The third-order valence-corrected chi connectivity index (χ3v) is 9.77. The zero-order valence-electron chi connectivity index (χ0n) is 32.4. The highest BCUT2D eigenvalue weighted by atomic mass is 35.5. The Morgan fingerprint density at radius 3 is 1.15 bits per heavy atom. The summed E-state index contributed by atoms with van der Waals surface area (Å²) in [6, 6.07) is -0.134. The molecular formula is C40H83ClN2O5. The van der Waals surface area contributed by atoms with Crippen LogP contribution >= 0.6 is 12.4 Å². The van der Waals surface area contributed by atoms with E-state index >= 15 is 0 Å². The van der Waals surface area contributed by atoms with Crippen LogP contribution in [0, 0.1) is 0 Å². The number of nitrogens with two attached hydrogens (primary N) is 1. The van der Waals surface area contributed by atoms with Crippen molar-refractivity contribution in [2.45, 2.75) is 245 Å². The van der Waals surface area contributed by atoms with E-state index < -0.39 is 23.7 Å². The van der Waals surface area contributed by atoms with Gasteiger partial charge in [-0.05, 0) is 26.2 Å². The van der Waals surface area contributed by atoms with Gasteiger partial charge in [-0.3, -0.25) is 9.59 Å². The number of nitrogens with one attached hydrogen (secondary N) is 1. The molecule has 0 aromatic rings. The van der Waals surface area contributed by atoms with E-state index in [1.807, 2.05) is 6.92 Å². The molecule has 0 aliphatic rings. The van der Waals surface area contributed by atoms with Crippen molar-refractivity contribution in [3.8, 4) is 0 Å². The van der Waals surface area contributed by atoms with Crippen LogP contribution in [0.15, 0.2) is 0 Å². The van der Waals surface area contributed by atoms with E-state index in [-0.39, 0.29) is 30.8 Å². The molecule has 0 saturated carbocycles. The summed E-state index contributed by atoms with van der Waals surface area (Å²) < 4.78 is 0. The first-order valence-electron chi connectivity index (χ1n) is 20.2. The van der Waals surface area contributed by atoms with E-state index in [0.717, 1.165) is 25.7 Å². The van der Waals surface area contributed by atoms with Gasteiger partial charge in [0, 0.05) is 6.92 Å². The number of aliphatic hydroxyl groups excluding tert-OH is 2. The fraction of sp³-hybridized carbons (Fsp3) is 0.950. The first kappa shape index (κ1) is 51.5. The summed E-state index contributed by atoms with van der Waals surface area (Å²) in [7, 11) is 0. The summed E-state index contributed by atoms with van der Waals surface area (Å²) in [4.78, 5) is 22.1.